The molecule has 1 aliphatic carbocycles. The highest BCUT2D eigenvalue weighted by Crippen LogP contribution is 2.50. The van der Waals surface area contributed by atoms with Crippen molar-refractivity contribution < 1.29 is 32.8 Å². The maximum absolute atomic E-state index is 16.6. The highest BCUT2D eigenvalue weighted by Gasteiger charge is 2.52. The van der Waals surface area contributed by atoms with E-state index in [2.05, 4.69) is 48.9 Å². The summed E-state index contributed by atoms with van der Waals surface area (Å²) in [6, 6.07) is 15.6. The molecule has 3 aromatic heterocycles. The van der Waals surface area contributed by atoms with Gasteiger partial charge >= 0.3 is 13.2 Å². The number of methoxy groups -OCH3 is 1. The number of alkyl carbamates (subject to hydrolysis) is 1. The summed E-state index contributed by atoms with van der Waals surface area (Å²) in [5, 5.41) is 3.40. The van der Waals surface area contributed by atoms with Crippen LogP contribution >= 0.6 is 11.3 Å². The minimum Gasteiger partial charge on any atom is -0.464 e. The average Bonchev–Trinajstić information content (AvgIpc) is 3.59. The SMILES string of the molecule is COC(=O)NCC(=O)N1CCCC1c1ncc(-c2cc(F)c3c(c2)OC(c2ccc(C4CC4)s2)n2c-3cc3cc(B4OC(C)(C)C(C)(C)O4)ccc32)[nH]1. The summed E-state index contributed by atoms with van der Waals surface area (Å²) in [7, 11) is 0.729. The van der Waals surface area contributed by atoms with Gasteiger partial charge in [-0.25, -0.2) is 14.2 Å². The first-order valence-corrected chi connectivity index (χ1v) is 19.0. The third-order valence-corrected chi connectivity index (χ3v) is 12.7. The molecule has 14 heteroatoms. The highest BCUT2D eigenvalue weighted by molar-refractivity contribution is 7.12. The smallest absolute Gasteiger partial charge is 0.464 e. The standard InChI is InChI=1S/C39H41BFN5O6S/c1-38(2)39(3,4)52-40(51-38)24-10-11-27-23(15-24)17-29-34-25(41)16-22(18-30(34)50-36(46(27)29)32-13-12-31(53-32)21-8-9-21)26-19-42-35(44-26)28-7-6-14-45(28)33(47)20-43-37(48)49-5/h10-13,15-19,21,28,36H,6-9,14,20H2,1-5H3,(H,42,44)(H,43,48). The van der Waals surface area contributed by atoms with Gasteiger partial charge in [0.25, 0.3) is 0 Å². The van der Waals surface area contributed by atoms with Crippen molar-refractivity contribution in [2.75, 3.05) is 20.2 Å². The van der Waals surface area contributed by atoms with Crippen LogP contribution in [-0.4, -0.2) is 70.0 Å². The van der Waals surface area contributed by atoms with Gasteiger partial charge in [0.05, 0.1) is 57.9 Å². The lowest BCUT2D eigenvalue weighted by molar-refractivity contribution is -0.131. The fraction of sp³-hybridized carbons (Fsp3) is 0.410. The number of ether oxygens (including phenoxy) is 2. The Balaban J connectivity index is 1.08. The van der Waals surface area contributed by atoms with Crippen molar-refractivity contribution in [3.8, 4) is 28.3 Å². The Labute approximate surface area is 310 Å². The van der Waals surface area contributed by atoms with Crippen molar-refractivity contribution in [1.82, 2.24) is 24.8 Å². The number of likely N-dealkylation sites (tertiary alicyclic amines) is 1. The Morgan fingerprint density at radius 1 is 1.06 bits per heavy atom. The second kappa shape index (κ2) is 12.5. The van der Waals surface area contributed by atoms with E-state index < -0.39 is 36.5 Å². The number of rotatable bonds is 7. The van der Waals surface area contributed by atoms with Gasteiger partial charge in [0.1, 0.15) is 23.9 Å². The van der Waals surface area contributed by atoms with Gasteiger partial charge in [-0.3, -0.25) is 9.36 Å². The number of aromatic amines is 1. The fourth-order valence-corrected chi connectivity index (χ4v) is 8.88. The zero-order valence-electron chi connectivity index (χ0n) is 30.3. The molecule has 2 saturated heterocycles. The van der Waals surface area contributed by atoms with Crippen molar-refractivity contribution >= 4 is 46.8 Å². The van der Waals surface area contributed by atoms with Gasteiger partial charge in [-0.2, -0.15) is 0 Å². The largest absolute Gasteiger partial charge is 0.494 e. The number of fused-ring (bicyclic) bond motifs is 5. The Bertz CT molecular complexity index is 2260. The first-order chi connectivity index (χ1) is 25.4. The number of carbonyl (C=O) groups excluding carboxylic acids is 2. The molecule has 5 aromatic rings. The first kappa shape index (κ1) is 34.1. The van der Waals surface area contributed by atoms with E-state index >= 15 is 4.39 Å². The zero-order valence-corrected chi connectivity index (χ0v) is 31.1. The summed E-state index contributed by atoms with van der Waals surface area (Å²) in [6.45, 7) is 8.53. The number of amides is 2. The number of aromatic nitrogens is 3. The van der Waals surface area contributed by atoms with Crippen LogP contribution in [0.5, 0.6) is 5.75 Å². The van der Waals surface area contributed by atoms with E-state index in [1.165, 1.54) is 30.9 Å². The molecule has 2 amide bonds. The van der Waals surface area contributed by atoms with Gasteiger partial charge < -0.3 is 34.0 Å². The van der Waals surface area contributed by atoms with Gasteiger partial charge in [0, 0.05) is 22.4 Å². The van der Waals surface area contributed by atoms with Crippen molar-refractivity contribution in [2.45, 2.75) is 82.8 Å². The van der Waals surface area contributed by atoms with Crippen molar-refractivity contribution in [2.24, 2.45) is 0 Å². The molecular formula is C39H41BFN5O6S. The number of H-pyrrole nitrogens is 1. The maximum atomic E-state index is 16.6. The summed E-state index contributed by atoms with van der Waals surface area (Å²) in [6.07, 6.45) is 4.41. The monoisotopic (exact) mass is 737 g/mol. The summed E-state index contributed by atoms with van der Waals surface area (Å²) >= 11 is 1.76. The molecule has 2 N–H and O–H groups in total. The Kier molecular flexibility index (Phi) is 8.02. The van der Waals surface area contributed by atoms with Crippen molar-refractivity contribution in [3.05, 3.63) is 76.1 Å². The van der Waals surface area contributed by atoms with Crippen LogP contribution in [0.3, 0.4) is 0 Å². The lowest BCUT2D eigenvalue weighted by Crippen LogP contribution is -2.41. The van der Waals surface area contributed by atoms with Gasteiger partial charge in [-0.1, -0.05) is 12.1 Å². The van der Waals surface area contributed by atoms with Crippen LogP contribution in [0.1, 0.15) is 87.1 Å². The molecule has 2 unspecified atom stereocenters. The van der Waals surface area contributed by atoms with Crippen molar-refractivity contribution in [1.29, 1.82) is 0 Å². The van der Waals surface area contributed by atoms with E-state index in [-0.39, 0.29) is 18.5 Å². The molecule has 4 aliphatic rings. The molecule has 6 heterocycles. The van der Waals surface area contributed by atoms with Crippen LogP contribution in [0.25, 0.3) is 33.4 Å². The number of hydrogen-bond donors (Lipinski definition) is 2. The number of thiophene rings is 1. The molecule has 274 valence electrons. The number of nitrogens with one attached hydrogen (secondary N) is 2. The van der Waals surface area contributed by atoms with Gasteiger partial charge in [0.2, 0.25) is 12.1 Å². The van der Waals surface area contributed by atoms with Crippen LogP contribution in [0, 0.1) is 5.82 Å². The van der Waals surface area contributed by atoms with Crippen LogP contribution in [0.15, 0.2) is 54.7 Å². The molecule has 9 rings (SSSR count). The number of nitrogens with zero attached hydrogens (tertiary/aromatic N) is 3. The predicted octanol–water partition coefficient (Wildman–Crippen LogP) is 7.03. The summed E-state index contributed by atoms with van der Waals surface area (Å²) in [4.78, 5) is 36.6. The molecule has 3 fully saturated rings. The van der Waals surface area contributed by atoms with E-state index in [9.17, 15) is 9.59 Å². The molecule has 2 atom stereocenters. The molecular weight excluding hydrogens is 696 g/mol. The maximum Gasteiger partial charge on any atom is 0.494 e. The van der Waals surface area contributed by atoms with Gasteiger partial charge in [-0.15, -0.1) is 11.3 Å². The Hall–Kier alpha value is -4.66. The fourth-order valence-electron chi connectivity index (χ4n) is 7.67. The summed E-state index contributed by atoms with van der Waals surface area (Å²) < 4.78 is 42.8. The summed E-state index contributed by atoms with van der Waals surface area (Å²) in [5.41, 5.74) is 3.19. The lowest BCUT2D eigenvalue weighted by Gasteiger charge is -2.32. The highest BCUT2D eigenvalue weighted by atomic mass is 32.1. The Morgan fingerprint density at radius 3 is 2.58 bits per heavy atom. The molecule has 2 aromatic carbocycles. The van der Waals surface area contributed by atoms with E-state index in [0.717, 1.165) is 33.4 Å². The molecule has 0 radical (unpaired) electrons. The van der Waals surface area contributed by atoms with Crippen LogP contribution < -0.4 is 15.5 Å². The van der Waals surface area contributed by atoms with Crippen LogP contribution in [-0.2, 0) is 18.8 Å². The second-order valence-corrected chi connectivity index (χ2v) is 16.5. The number of carbonyl (C=O) groups is 2. The molecule has 3 aliphatic heterocycles. The number of halogens is 1. The quantitative estimate of drug-likeness (QED) is 0.172. The topological polar surface area (TPSA) is 120 Å². The minimum absolute atomic E-state index is 0.172. The number of benzene rings is 2. The van der Waals surface area contributed by atoms with Crippen LogP contribution in [0.4, 0.5) is 9.18 Å². The van der Waals surface area contributed by atoms with E-state index in [1.54, 1.807) is 22.4 Å². The van der Waals surface area contributed by atoms with E-state index in [0.29, 0.717) is 47.3 Å². The molecule has 0 bridgehead atoms. The third-order valence-electron chi connectivity index (χ3n) is 11.4. The average molecular weight is 738 g/mol. The van der Waals surface area contributed by atoms with E-state index in [1.807, 2.05) is 45.9 Å². The van der Waals surface area contributed by atoms with Crippen molar-refractivity contribution in [3.63, 3.8) is 0 Å². The number of imidazole rings is 1. The molecule has 11 nitrogen and oxygen atoms in total. The Morgan fingerprint density at radius 2 is 1.83 bits per heavy atom. The van der Waals surface area contributed by atoms with Gasteiger partial charge in [-0.05, 0) is 101 Å². The first-order valence-electron chi connectivity index (χ1n) is 18.2. The molecule has 0 spiro atoms. The summed E-state index contributed by atoms with van der Waals surface area (Å²) in [5.74, 6) is 0.994. The lowest BCUT2D eigenvalue weighted by atomic mass is 9.78. The van der Waals surface area contributed by atoms with Crippen LogP contribution in [0.2, 0.25) is 0 Å². The number of hydrogen-bond acceptors (Lipinski definition) is 8. The van der Waals surface area contributed by atoms with E-state index in [4.69, 9.17) is 14.0 Å². The normalized spacial score (nSPS) is 21.4. The second-order valence-electron chi connectivity index (χ2n) is 15.4. The zero-order chi connectivity index (χ0) is 36.8. The molecule has 53 heavy (non-hydrogen) atoms. The van der Waals surface area contributed by atoms with Gasteiger partial charge in [0.15, 0.2) is 0 Å². The predicted molar refractivity (Wildman–Crippen MR) is 200 cm³/mol. The molecule has 1 saturated carbocycles. The third kappa shape index (κ3) is 5.82. The minimum atomic E-state index is -0.664.